The Morgan fingerprint density at radius 2 is 2.53 bits per heavy atom. The molecule has 1 atom stereocenters. The third-order valence-corrected chi connectivity index (χ3v) is 3.66. The van der Waals surface area contributed by atoms with Crippen LogP contribution in [-0.4, -0.2) is 33.7 Å². The van der Waals surface area contributed by atoms with Crippen molar-refractivity contribution in [3.05, 3.63) is 24.1 Å². The number of aromatic nitrogens is 1. The van der Waals surface area contributed by atoms with Gasteiger partial charge in [0.25, 0.3) is 0 Å². The Morgan fingerprint density at radius 1 is 1.67 bits per heavy atom. The molecule has 1 aromatic rings. The SMILES string of the molecule is OC1(CNc2ncccc2F)CCSC1. The van der Waals surface area contributed by atoms with Crippen LogP contribution in [0.15, 0.2) is 18.3 Å². The summed E-state index contributed by atoms with van der Waals surface area (Å²) in [6, 6.07) is 2.89. The van der Waals surface area contributed by atoms with E-state index < -0.39 is 5.60 Å². The molecule has 0 amide bonds. The van der Waals surface area contributed by atoms with E-state index in [0.717, 1.165) is 12.2 Å². The van der Waals surface area contributed by atoms with E-state index >= 15 is 0 Å². The summed E-state index contributed by atoms with van der Waals surface area (Å²) in [6.07, 6.45) is 2.28. The molecule has 1 fully saturated rings. The zero-order valence-electron chi connectivity index (χ0n) is 8.24. The number of aliphatic hydroxyl groups is 1. The minimum atomic E-state index is -0.714. The topological polar surface area (TPSA) is 45.1 Å². The van der Waals surface area contributed by atoms with Crippen LogP contribution in [0, 0.1) is 5.82 Å². The summed E-state index contributed by atoms with van der Waals surface area (Å²) in [6.45, 7) is 0.355. The van der Waals surface area contributed by atoms with E-state index in [1.165, 1.54) is 12.3 Å². The first-order chi connectivity index (χ1) is 7.20. The molecule has 1 aliphatic rings. The monoisotopic (exact) mass is 228 g/mol. The standard InChI is InChI=1S/C10H13FN2OS/c11-8-2-1-4-12-9(8)13-6-10(14)3-5-15-7-10/h1-2,4,14H,3,5-7H2,(H,12,13). The molecule has 0 saturated carbocycles. The Morgan fingerprint density at radius 3 is 3.20 bits per heavy atom. The van der Waals surface area contributed by atoms with Gasteiger partial charge in [0.2, 0.25) is 0 Å². The molecule has 0 bridgehead atoms. The first-order valence-corrected chi connectivity index (χ1v) is 6.00. The maximum absolute atomic E-state index is 13.2. The molecule has 2 heterocycles. The van der Waals surface area contributed by atoms with Crippen LogP contribution < -0.4 is 5.32 Å². The van der Waals surface area contributed by atoms with Crippen molar-refractivity contribution in [3.8, 4) is 0 Å². The van der Waals surface area contributed by atoms with Gasteiger partial charge in [-0.3, -0.25) is 0 Å². The molecule has 0 aliphatic carbocycles. The van der Waals surface area contributed by atoms with Gasteiger partial charge in [-0.05, 0) is 24.3 Å². The van der Waals surface area contributed by atoms with Gasteiger partial charge in [0.15, 0.2) is 11.6 Å². The van der Waals surface area contributed by atoms with E-state index in [-0.39, 0.29) is 11.6 Å². The Kier molecular flexibility index (Phi) is 3.11. The Bertz CT molecular complexity index is 342. The van der Waals surface area contributed by atoms with E-state index in [1.54, 1.807) is 17.8 Å². The number of halogens is 1. The summed E-state index contributed by atoms with van der Waals surface area (Å²) in [5.74, 6) is 1.49. The Hall–Kier alpha value is -0.810. The zero-order chi connectivity index (χ0) is 10.7. The van der Waals surface area contributed by atoms with Gasteiger partial charge in [0.1, 0.15) is 0 Å². The van der Waals surface area contributed by atoms with Gasteiger partial charge in [-0.15, -0.1) is 0 Å². The third kappa shape index (κ3) is 2.60. The van der Waals surface area contributed by atoms with E-state index in [4.69, 9.17) is 0 Å². The van der Waals surface area contributed by atoms with Gasteiger partial charge in [0.05, 0.1) is 5.60 Å². The van der Waals surface area contributed by atoms with E-state index in [0.29, 0.717) is 12.3 Å². The van der Waals surface area contributed by atoms with Crippen LogP contribution >= 0.6 is 11.8 Å². The van der Waals surface area contributed by atoms with Crippen molar-refractivity contribution in [1.82, 2.24) is 4.98 Å². The molecule has 5 heteroatoms. The summed E-state index contributed by atoms with van der Waals surface area (Å²) in [5, 5.41) is 12.9. The summed E-state index contributed by atoms with van der Waals surface area (Å²) < 4.78 is 13.2. The number of hydrogen-bond donors (Lipinski definition) is 2. The Labute approximate surface area is 92.1 Å². The second-order valence-corrected chi connectivity index (χ2v) is 4.82. The minimum Gasteiger partial charge on any atom is -0.387 e. The van der Waals surface area contributed by atoms with E-state index in [1.807, 2.05) is 0 Å². The van der Waals surface area contributed by atoms with Crippen LogP contribution in [0.25, 0.3) is 0 Å². The maximum atomic E-state index is 13.2. The van der Waals surface area contributed by atoms with Crippen LogP contribution in [0.2, 0.25) is 0 Å². The van der Waals surface area contributed by atoms with Crippen molar-refractivity contribution in [2.45, 2.75) is 12.0 Å². The van der Waals surface area contributed by atoms with Gasteiger partial charge in [-0.1, -0.05) is 0 Å². The quantitative estimate of drug-likeness (QED) is 0.823. The van der Waals surface area contributed by atoms with Crippen LogP contribution in [0.5, 0.6) is 0 Å². The van der Waals surface area contributed by atoms with Crippen molar-refractivity contribution < 1.29 is 9.50 Å². The highest BCUT2D eigenvalue weighted by atomic mass is 32.2. The highest BCUT2D eigenvalue weighted by molar-refractivity contribution is 7.99. The fourth-order valence-corrected chi connectivity index (χ4v) is 2.79. The second kappa shape index (κ2) is 4.37. The molecule has 1 aromatic heterocycles. The molecule has 1 aliphatic heterocycles. The molecule has 0 radical (unpaired) electrons. The number of anilines is 1. The lowest BCUT2D eigenvalue weighted by molar-refractivity contribution is 0.0818. The first-order valence-electron chi connectivity index (χ1n) is 4.84. The normalized spacial score (nSPS) is 25.5. The van der Waals surface area contributed by atoms with Crippen molar-refractivity contribution in [2.75, 3.05) is 23.4 Å². The molecule has 3 nitrogen and oxygen atoms in total. The van der Waals surface area contributed by atoms with E-state index in [2.05, 4.69) is 10.3 Å². The number of thioether (sulfide) groups is 1. The third-order valence-electron chi connectivity index (χ3n) is 2.43. The van der Waals surface area contributed by atoms with Gasteiger partial charge in [-0.2, -0.15) is 11.8 Å². The number of rotatable bonds is 3. The van der Waals surface area contributed by atoms with Gasteiger partial charge in [0, 0.05) is 18.5 Å². The molecule has 1 unspecified atom stereocenters. The molecule has 82 valence electrons. The summed E-state index contributed by atoms with van der Waals surface area (Å²) in [7, 11) is 0. The average molecular weight is 228 g/mol. The fraction of sp³-hybridized carbons (Fsp3) is 0.500. The second-order valence-electron chi connectivity index (χ2n) is 3.71. The van der Waals surface area contributed by atoms with Gasteiger partial charge < -0.3 is 10.4 Å². The highest BCUT2D eigenvalue weighted by Crippen LogP contribution is 2.27. The molecule has 0 spiro atoms. The summed E-state index contributed by atoms with van der Waals surface area (Å²) in [4.78, 5) is 3.87. The lowest BCUT2D eigenvalue weighted by atomic mass is 10.0. The molecule has 2 N–H and O–H groups in total. The van der Waals surface area contributed by atoms with E-state index in [9.17, 15) is 9.50 Å². The number of nitrogens with one attached hydrogen (secondary N) is 1. The van der Waals surface area contributed by atoms with Crippen molar-refractivity contribution in [2.24, 2.45) is 0 Å². The van der Waals surface area contributed by atoms with Gasteiger partial charge >= 0.3 is 0 Å². The zero-order valence-corrected chi connectivity index (χ0v) is 9.06. The predicted molar refractivity (Wildman–Crippen MR) is 59.6 cm³/mol. The molecular formula is C10H13FN2OS. The largest absolute Gasteiger partial charge is 0.387 e. The fourth-order valence-electron chi connectivity index (χ4n) is 1.50. The van der Waals surface area contributed by atoms with Crippen molar-refractivity contribution in [1.29, 1.82) is 0 Å². The van der Waals surface area contributed by atoms with Crippen molar-refractivity contribution in [3.63, 3.8) is 0 Å². The van der Waals surface area contributed by atoms with Crippen LogP contribution in [0.1, 0.15) is 6.42 Å². The maximum Gasteiger partial charge on any atom is 0.165 e. The van der Waals surface area contributed by atoms with Crippen molar-refractivity contribution >= 4 is 17.6 Å². The Balaban J connectivity index is 1.95. The summed E-state index contributed by atoms with van der Waals surface area (Å²) in [5.41, 5.74) is -0.714. The van der Waals surface area contributed by atoms with Crippen LogP contribution in [0.3, 0.4) is 0 Å². The molecule has 2 rings (SSSR count). The lowest BCUT2D eigenvalue weighted by Gasteiger charge is -2.21. The highest BCUT2D eigenvalue weighted by Gasteiger charge is 2.31. The van der Waals surface area contributed by atoms with Gasteiger partial charge in [-0.25, -0.2) is 9.37 Å². The van der Waals surface area contributed by atoms with Crippen LogP contribution in [-0.2, 0) is 0 Å². The smallest absolute Gasteiger partial charge is 0.165 e. The average Bonchev–Trinajstić information content (AvgIpc) is 2.65. The summed E-state index contributed by atoms with van der Waals surface area (Å²) >= 11 is 1.72. The number of hydrogen-bond acceptors (Lipinski definition) is 4. The number of pyridine rings is 1. The van der Waals surface area contributed by atoms with Crippen LogP contribution in [0.4, 0.5) is 10.2 Å². The molecule has 15 heavy (non-hydrogen) atoms. The first kappa shape index (κ1) is 10.7. The molecular weight excluding hydrogens is 215 g/mol. The molecule has 1 saturated heterocycles. The predicted octanol–water partition coefficient (Wildman–Crippen LogP) is 1.50. The minimum absolute atomic E-state index is 0.211. The molecule has 0 aromatic carbocycles. The lowest BCUT2D eigenvalue weighted by Crippen LogP contribution is -2.37. The number of nitrogens with zero attached hydrogens (tertiary/aromatic N) is 1.